The molecule has 1 aromatic carbocycles. The van der Waals surface area contributed by atoms with Gasteiger partial charge in [-0.15, -0.1) is 0 Å². The molecule has 2 nitrogen and oxygen atoms in total. The Morgan fingerprint density at radius 3 is 2.23 bits per heavy atom. The minimum absolute atomic E-state index is 0.0811. The molecular formula is C23H25ClN2. The van der Waals surface area contributed by atoms with Crippen LogP contribution in [-0.2, 0) is 11.8 Å². The molecule has 0 spiro atoms. The lowest BCUT2D eigenvalue weighted by molar-refractivity contribution is 0.505. The Balaban J connectivity index is 1.80. The fraction of sp³-hybridized carbons (Fsp3) is 0.304. The number of rotatable bonds is 5. The third kappa shape index (κ3) is 4.31. The maximum atomic E-state index is 6.06. The van der Waals surface area contributed by atoms with Gasteiger partial charge >= 0.3 is 0 Å². The topological polar surface area (TPSA) is 25.8 Å². The van der Waals surface area contributed by atoms with Crippen LogP contribution in [0.3, 0.4) is 0 Å². The lowest BCUT2D eigenvalue weighted by Gasteiger charge is -2.24. The van der Waals surface area contributed by atoms with Crippen LogP contribution >= 0.6 is 11.6 Å². The van der Waals surface area contributed by atoms with Gasteiger partial charge in [-0.25, -0.2) is 4.98 Å². The molecule has 2 heterocycles. The molecule has 134 valence electrons. The molecule has 0 aliphatic heterocycles. The number of nitrogens with zero attached hydrogens (tertiary/aromatic N) is 2. The largest absolute Gasteiger partial charge is 0.253 e. The van der Waals surface area contributed by atoms with Crippen molar-refractivity contribution in [1.29, 1.82) is 0 Å². The van der Waals surface area contributed by atoms with E-state index in [4.69, 9.17) is 16.6 Å². The molecule has 3 rings (SSSR count). The molecule has 0 amide bonds. The molecule has 0 aliphatic rings. The zero-order chi connectivity index (χ0) is 18.7. The van der Waals surface area contributed by atoms with Crippen molar-refractivity contribution < 1.29 is 0 Å². The lowest BCUT2D eigenvalue weighted by atomic mass is 9.82. The van der Waals surface area contributed by atoms with Crippen molar-refractivity contribution in [2.75, 3.05) is 0 Å². The molecule has 0 bridgehead atoms. The average molecular weight is 365 g/mol. The van der Waals surface area contributed by atoms with Crippen LogP contribution in [0.1, 0.15) is 50.6 Å². The SMILES string of the molecule is CC(C)c1cccc(-c2ccc(CC(C)(C)c3cccc(Cl)n3)cc2)n1. The second-order valence-electron chi connectivity index (χ2n) is 7.71. The number of pyridine rings is 2. The van der Waals surface area contributed by atoms with Gasteiger partial charge in [-0.3, -0.25) is 4.98 Å². The van der Waals surface area contributed by atoms with Crippen LogP contribution in [0.2, 0.25) is 5.15 Å². The van der Waals surface area contributed by atoms with Crippen LogP contribution in [0.25, 0.3) is 11.3 Å². The first-order valence-corrected chi connectivity index (χ1v) is 9.42. The second-order valence-corrected chi connectivity index (χ2v) is 8.09. The summed E-state index contributed by atoms with van der Waals surface area (Å²) >= 11 is 6.06. The van der Waals surface area contributed by atoms with Crippen LogP contribution in [0.4, 0.5) is 0 Å². The first-order chi connectivity index (χ1) is 12.3. The third-order valence-corrected chi connectivity index (χ3v) is 4.88. The van der Waals surface area contributed by atoms with E-state index in [9.17, 15) is 0 Å². The molecule has 0 aliphatic carbocycles. The van der Waals surface area contributed by atoms with Crippen molar-refractivity contribution in [2.45, 2.75) is 45.4 Å². The number of aromatic nitrogens is 2. The highest BCUT2D eigenvalue weighted by Gasteiger charge is 2.23. The summed E-state index contributed by atoms with van der Waals surface area (Å²) in [5.41, 5.74) is 5.51. The zero-order valence-corrected chi connectivity index (χ0v) is 16.6. The maximum Gasteiger partial charge on any atom is 0.129 e. The summed E-state index contributed by atoms with van der Waals surface area (Å²) in [7, 11) is 0. The van der Waals surface area contributed by atoms with E-state index >= 15 is 0 Å². The van der Waals surface area contributed by atoms with Gasteiger partial charge in [-0.05, 0) is 42.2 Å². The van der Waals surface area contributed by atoms with Crippen LogP contribution < -0.4 is 0 Å². The predicted octanol–water partition coefficient (Wildman–Crippen LogP) is 6.44. The smallest absolute Gasteiger partial charge is 0.129 e. The third-order valence-electron chi connectivity index (χ3n) is 4.67. The van der Waals surface area contributed by atoms with E-state index in [1.54, 1.807) is 0 Å². The maximum absolute atomic E-state index is 6.06. The predicted molar refractivity (Wildman–Crippen MR) is 110 cm³/mol. The van der Waals surface area contributed by atoms with Crippen LogP contribution in [0, 0.1) is 0 Å². The Kier molecular flexibility index (Phi) is 5.43. The molecule has 0 saturated carbocycles. The Bertz CT molecular complexity index is 883. The summed E-state index contributed by atoms with van der Waals surface area (Å²) in [6.07, 6.45) is 0.903. The van der Waals surface area contributed by atoms with Crippen molar-refractivity contribution in [3.63, 3.8) is 0 Å². The van der Waals surface area contributed by atoms with Crippen molar-refractivity contribution >= 4 is 11.6 Å². The molecule has 0 unspecified atom stereocenters. The van der Waals surface area contributed by atoms with Crippen molar-refractivity contribution in [3.8, 4) is 11.3 Å². The second kappa shape index (κ2) is 7.59. The molecule has 0 radical (unpaired) electrons. The van der Waals surface area contributed by atoms with E-state index < -0.39 is 0 Å². The fourth-order valence-electron chi connectivity index (χ4n) is 3.11. The fourth-order valence-corrected chi connectivity index (χ4v) is 3.28. The van der Waals surface area contributed by atoms with E-state index in [1.165, 1.54) is 5.56 Å². The Morgan fingerprint density at radius 1 is 0.885 bits per heavy atom. The number of benzene rings is 1. The van der Waals surface area contributed by atoms with Crippen molar-refractivity contribution in [2.24, 2.45) is 0 Å². The van der Waals surface area contributed by atoms with Crippen LogP contribution in [0.5, 0.6) is 0 Å². The summed E-state index contributed by atoms with van der Waals surface area (Å²) in [6, 6.07) is 20.7. The summed E-state index contributed by atoms with van der Waals surface area (Å²) in [5, 5.41) is 0.544. The molecule has 0 fully saturated rings. The molecular weight excluding hydrogens is 340 g/mol. The lowest BCUT2D eigenvalue weighted by Crippen LogP contribution is -2.22. The normalized spacial score (nSPS) is 11.8. The quantitative estimate of drug-likeness (QED) is 0.487. The number of hydrogen-bond acceptors (Lipinski definition) is 2. The number of halogens is 1. The van der Waals surface area contributed by atoms with Gasteiger partial charge in [0.1, 0.15) is 5.15 Å². The van der Waals surface area contributed by atoms with E-state index in [2.05, 4.69) is 75.1 Å². The summed E-state index contributed by atoms with van der Waals surface area (Å²) in [6.45, 7) is 8.74. The number of hydrogen-bond donors (Lipinski definition) is 0. The monoisotopic (exact) mass is 364 g/mol. The molecule has 26 heavy (non-hydrogen) atoms. The molecule has 3 heteroatoms. The summed E-state index contributed by atoms with van der Waals surface area (Å²) in [4.78, 5) is 9.27. The minimum atomic E-state index is -0.0811. The molecule has 0 saturated heterocycles. The van der Waals surface area contributed by atoms with Crippen LogP contribution in [-0.4, -0.2) is 9.97 Å². The highest BCUT2D eigenvalue weighted by molar-refractivity contribution is 6.29. The van der Waals surface area contributed by atoms with Gasteiger partial charge in [0.25, 0.3) is 0 Å². The van der Waals surface area contributed by atoms with E-state index in [1.807, 2.05) is 18.2 Å². The van der Waals surface area contributed by atoms with Crippen LogP contribution in [0.15, 0.2) is 60.7 Å². The van der Waals surface area contributed by atoms with Gasteiger partial charge in [-0.2, -0.15) is 0 Å². The Morgan fingerprint density at radius 2 is 1.58 bits per heavy atom. The summed E-state index contributed by atoms with van der Waals surface area (Å²) in [5.74, 6) is 0.431. The molecule has 0 N–H and O–H groups in total. The van der Waals surface area contributed by atoms with Gasteiger partial charge < -0.3 is 0 Å². The average Bonchev–Trinajstić information content (AvgIpc) is 2.62. The van der Waals surface area contributed by atoms with Gasteiger partial charge in [0.15, 0.2) is 0 Å². The first kappa shape index (κ1) is 18.6. The van der Waals surface area contributed by atoms with Crippen molar-refractivity contribution in [3.05, 3.63) is 82.8 Å². The molecule has 3 aromatic rings. The van der Waals surface area contributed by atoms with E-state index in [0.29, 0.717) is 11.1 Å². The van der Waals surface area contributed by atoms with Gasteiger partial charge in [0.05, 0.1) is 5.69 Å². The van der Waals surface area contributed by atoms with Gasteiger partial charge in [0, 0.05) is 22.4 Å². The van der Waals surface area contributed by atoms with E-state index in [-0.39, 0.29) is 5.41 Å². The van der Waals surface area contributed by atoms with Crippen molar-refractivity contribution in [1.82, 2.24) is 9.97 Å². The zero-order valence-electron chi connectivity index (χ0n) is 15.8. The summed E-state index contributed by atoms with van der Waals surface area (Å²) < 4.78 is 0. The van der Waals surface area contributed by atoms with Gasteiger partial charge in [0.2, 0.25) is 0 Å². The Hall–Kier alpha value is -2.19. The standard InChI is InChI=1S/C23H25ClN2/c1-16(2)19-7-5-8-20(25-19)18-13-11-17(12-14-18)15-23(3,4)21-9-6-10-22(24)26-21/h5-14,16H,15H2,1-4H3. The highest BCUT2D eigenvalue weighted by Crippen LogP contribution is 2.28. The first-order valence-electron chi connectivity index (χ1n) is 9.04. The Labute approximate surface area is 161 Å². The van der Waals surface area contributed by atoms with Gasteiger partial charge in [-0.1, -0.05) is 75.7 Å². The highest BCUT2D eigenvalue weighted by atomic mass is 35.5. The minimum Gasteiger partial charge on any atom is -0.253 e. The van der Waals surface area contributed by atoms with E-state index in [0.717, 1.165) is 29.1 Å². The molecule has 2 aromatic heterocycles. The molecule has 0 atom stereocenters.